The molecule has 6 nitrogen and oxygen atoms in total. The molecule has 2 aliphatic rings. The van der Waals surface area contributed by atoms with Crippen LogP contribution in [-0.2, 0) is 11.3 Å². The van der Waals surface area contributed by atoms with Gasteiger partial charge in [-0.25, -0.2) is 0 Å². The van der Waals surface area contributed by atoms with Gasteiger partial charge in [-0.2, -0.15) is 5.10 Å². The molecule has 0 amide bonds. The summed E-state index contributed by atoms with van der Waals surface area (Å²) in [5.41, 5.74) is 0. The van der Waals surface area contributed by atoms with Crippen LogP contribution in [0.2, 0.25) is 0 Å². The summed E-state index contributed by atoms with van der Waals surface area (Å²) >= 11 is 0. The third-order valence-corrected chi connectivity index (χ3v) is 4.33. The number of hydrogen-bond acceptors (Lipinski definition) is 3. The van der Waals surface area contributed by atoms with Crippen LogP contribution in [0.25, 0.3) is 0 Å². The van der Waals surface area contributed by atoms with Crippen molar-refractivity contribution in [1.29, 1.82) is 0 Å². The van der Waals surface area contributed by atoms with Crippen LogP contribution in [-0.4, -0.2) is 47.6 Å². The topological polar surface area (TPSA) is 63.5 Å². The third-order valence-electron chi connectivity index (χ3n) is 4.33. The predicted octanol–water partition coefficient (Wildman–Crippen LogP) is 1.62. The van der Waals surface area contributed by atoms with Gasteiger partial charge in [-0.1, -0.05) is 6.92 Å². The van der Waals surface area contributed by atoms with E-state index in [1.54, 1.807) is 0 Å². The maximum Gasteiger partial charge on any atom is 0.191 e. The first-order valence-electron chi connectivity index (χ1n) is 7.84. The Balaban J connectivity index is 0.00000176. The van der Waals surface area contributed by atoms with E-state index in [1.165, 1.54) is 12.8 Å². The molecular formula is C15H26IN5O. The minimum atomic E-state index is 0. The second-order valence-corrected chi connectivity index (χ2v) is 6.15. The molecule has 0 spiro atoms. The number of halogens is 1. The summed E-state index contributed by atoms with van der Waals surface area (Å²) in [5.74, 6) is 1.36. The van der Waals surface area contributed by atoms with Gasteiger partial charge in [0.25, 0.3) is 0 Å². The van der Waals surface area contributed by atoms with Gasteiger partial charge in [-0.05, 0) is 31.2 Å². The number of nitrogens with zero attached hydrogens (tertiary/aromatic N) is 3. The molecule has 0 saturated carbocycles. The molecule has 22 heavy (non-hydrogen) atoms. The average molecular weight is 419 g/mol. The fourth-order valence-corrected chi connectivity index (χ4v) is 3.22. The Hall–Kier alpha value is -0.830. The molecule has 2 saturated heterocycles. The number of aliphatic imine (C=N–C) groups is 1. The Bertz CT molecular complexity index is 478. The van der Waals surface area contributed by atoms with E-state index in [0.29, 0.717) is 24.2 Å². The molecule has 0 aliphatic carbocycles. The summed E-state index contributed by atoms with van der Waals surface area (Å²) in [6.07, 6.45) is 8.14. The van der Waals surface area contributed by atoms with Crippen LogP contribution in [0.1, 0.15) is 26.2 Å². The monoisotopic (exact) mass is 419 g/mol. The van der Waals surface area contributed by atoms with E-state index in [2.05, 4.69) is 27.6 Å². The van der Waals surface area contributed by atoms with Crippen molar-refractivity contribution in [1.82, 2.24) is 20.4 Å². The number of ether oxygens (including phenoxy) is 1. The second-order valence-electron chi connectivity index (χ2n) is 6.15. The number of fused-ring (bicyclic) bond motifs is 2. The third kappa shape index (κ3) is 4.34. The Kier molecular flexibility index (Phi) is 6.49. The fraction of sp³-hybridized carbons (Fsp3) is 0.733. The number of hydrogen-bond donors (Lipinski definition) is 2. The number of guanidine groups is 1. The number of rotatable bonds is 5. The van der Waals surface area contributed by atoms with Crippen molar-refractivity contribution in [2.75, 3.05) is 13.6 Å². The first-order chi connectivity index (χ1) is 10.2. The highest BCUT2D eigenvalue weighted by Gasteiger charge is 2.41. The Labute approximate surface area is 149 Å². The van der Waals surface area contributed by atoms with Gasteiger partial charge < -0.3 is 15.4 Å². The summed E-state index contributed by atoms with van der Waals surface area (Å²) in [6, 6.07) is 2.37. The zero-order valence-electron chi connectivity index (χ0n) is 13.2. The van der Waals surface area contributed by atoms with Gasteiger partial charge in [0.15, 0.2) is 5.96 Å². The zero-order valence-corrected chi connectivity index (χ0v) is 15.6. The van der Waals surface area contributed by atoms with E-state index in [-0.39, 0.29) is 24.0 Å². The highest BCUT2D eigenvalue weighted by Crippen LogP contribution is 2.34. The molecule has 124 valence electrons. The largest absolute Gasteiger partial charge is 0.373 e. The Morgan fingerprint density at radius 3 is 2.95 bits per heavy atom. The first kappa shape index (κ1) is 17.5. The molecule has 0 radical (unpaired) electrons. The van der Waals surface area contributed by atoms with Crippen LogP contribution in [0, 0.1) is 5.92 Å². The van der Waals surface area contributed by atoms with E-state index < -0.39 is 0 Å². The molecule has 0 aromatic carbocycles. The molecule has 4 unspecified atom stereocenters. The number of nitrogens with one attached hydrogen (secondary N) is 2. The lowest BCUT2D eigenvalue weighted by Crippen LogP contribution is -2.48. The van der Waals surface area contributed by atoms with Crippen molar-refractivity contribution < 1.29 is 4.74 Å². The maximum atomic E-state index is 5.87. The highest BCUT2D eigenvalue weighted by atomic mass is 127. The van der Waals surface area contributed by atoms with E-state index in [9.17, 15) is 0 Å². The van der Waals surface area contributed by atoms with E-state index in [0.717, 1.165) is 25.5 Å². The van der Waals surface area contributed by atoms with Crippen LogP contribution < -0.4 is 10.6 Å². The Morgan fingerprint density at radius 1 is 1.50 bits per heavy atom. The molecule has 2 aliphatic heterocycles. The predicted molar refractivity (Wildman–Crippen MR) is 97.6 cm³/mol. The van der Waals surface area contributed by atoms with Gasteiger partial charge >= 0.3 is 0 Å². The summed E-state index contributed by atoms with van der Waals surface area (Å²) in [6.45, 7) is 4.00. The lowest BCUT2D eigenvalue weighted by Gasteiger charge is -2.23. The lowest BCUT2D eigenvalue weighted by molar-refractivity contribution is 0.0992. The van der Waals surface area contributed by atoms with Crippen LogP contribution in [0.15, 0.2) is 23.5 Å². The normalized spacial score (nSPS) is 28.3. The minimum Gasteiger partial charge on any atom is -0.373 e. The minimum absolute atomic E-state index is 0. The molecule has 3 heterocycles. The molecule has 1 aromatic rings. The average Bonchev–Trinajstić information content (AvgIpc) is 3.20. The molecule has 1 aromatic heterocycles. The zero-order chi connectivity index (χ0) is 14.7. The quantitative estimate of drug-likeness (QED) is 0.433. The SMILES string of the molecule is CN=C(NCC(C)Cn1cccn1)NC1CC2CCC1O2.I. The molecule has 2 bridgehead atoms. The standard InChI is InChI=1S/C15H25N5O.HI/c1-11(10-20-7-3-6-18-20)9-17-15(16-2)19-13-8-12-4-5-14(13)21-12;/h3,6-7,11-14H,4-5,8-10H2,1-2H3,(H2,16,17,19);1H. The van der Waals surface area contributed by atoms with Gasteiger partial charge in [-0.15, -0.1) is 24.0 Å². The summed E-state index contributed by atoms with van der Waals surface area (Å²) in [5, 5.41) is 11.2. The number of aromatic nitrogens is 2. The van der Waals surface area contributed by atoms with Gasteiger partial charge in [0.05, 0.1) is 18.2 Å². The van der Waals surface area contributed by atoms with Crippen LogP contribution >= 0.6 is 24.0 Å². The van der Waals surface area contributed by atoms with Gasteiger partial charge in [0.1, 0.15) is 0 Å². The van der Waals surface area contributed by atoms with Gasteiger partial charge in [0.2, 0.25) is 0 Å². The van der Waals surface area contributed by atoms with Crippen molar-refractivity contribution in [2.45, 2.75) is 51.0 Å². The summed E-state index contributed by atoms with van der Waals surface area (Å²) in [4.78, 5) is 4.32. The second kappa shape index (κ2) is 8.14. The highest BCUT2D eigenvalue weighted by molar-refractivity contribution is 14.0. The summed E-state index contributed by atoms with van der Waals surface area (Å²) < 4.78 is 7.83. The smallest absolute Gasteiger partial charge is 0.191 e. The van der Waals surface area contributed by atoms with Crippen molar-refractivity contribution >= 4 is 29.9 Å². The van der Waals surface area contributed by atoms with Gasteiger partial charge in [0, 0.05) is 32.5 Å². The van der Waals surface area contributed by atoms with Crippen molar-refractivity contribution in [3.05, 3.63) is 18.5 Å². The maximum absolute atomic E-state index is 5.87. The van der Waals surface area contributed by atoms with Crippen LogP contribution in [0.4, 0.5) is 0 Å². The van der Waals surface area contributed by atoms with Crippen molar-refractivity contribution in [3.8, 4) is 0 Å². The molecule has 3 rings (SSSR count). The fourth-order valence-electron chi connectivity index (χ4n) is 3.22. The first-order valence-corrected chi connectivity index (χ1v) is 7.84. The molecular weight excluding hydrogens is 393 g/mol. The summed E-state index contributed by atoms with van der Waals surface area (Å²) in [7, 11) is 1.82. The van der Waals surface area contributed by atoms with E-state index in [1.807, 2.05) is 30.2 Å². The lowest BCUT2D eigenvalue weighted by atomic mass is 9.96. The Morgan fingerprint density at radius 2 is 2.36 bits per heavy atom. The van der Waals surface area contributed by atoms with Crippen LogP contribution in [0.3, 0.4) is 0 Å². The van der Waals surface area contributed by atoms with Crippen molar-refractivity contribution in [2.24, 2.45) is 10.9 Å². The molecule has 2 N–H and O–H groups in total. The molecule has 2 fully saturated rings. The molecule has 4 atom stereocenters. The van der Waals surface area contributed by atoms with Crippen molar-refractivity contribution in [3.63, 3.8) is 0 Å². The van der Waals surface area contributed by atoms with E-state index in [4.69, 9.17) is 4.74 Å². The molecule has 7 heteroatoms. The van der Waals surface area contributed by atoms with E-state index >= 15 is 0 Å². The van der Waals surface area contributed by atoms with Gasteiger partial charge in [-0.3, -0.25) is 9.67 Å². The van der Waals surface area contributed by atoms with Crippen LogP contribution in [0.5, 0.6) is 0 Å².